The molecule has 0 atom stereocenters. The summed E-state index contributed by atoms with van der Waals surface area (Å²) in [6, 6.07) is 0. The molecular formula is C6H7ClO2. The van der Waals surface area contributed by atoms with Crippen LogP contribution in [0.5, 0.6) is 0 Å². The first-order valence-corrected chi connectivity index (χ1v) is 3.08. The predicted molar refractivity (Wildman–Crippen MR) is 34.1 cm³/mol. The first kappa shape index (κ1) is 6.62. The summed E-state index contributed by atoms with van der Waals surface area (Å²) < 4.78 is 4.46. The molecule has 1 aliphatic rings. The van der Waals surface area contributed by atoms with Crippen molar-refractivity contribution in [1.82, 2.24) is 0 Å². The van der Waals surface area contributed by atoms with Crippen LogP contribution in [0.1, 0.15) is 12.8 Å². The van der Waals surface area contributed by atoms with Gasteiger partial charge in [-0.05, 0) is 12.8 Å². The van der Waals surface area contributed by atoms with Gasteiger partial charge in [0.15, 0.2) is 0 Å². The van der Waals surface area contributed by atoms with E-state index < -0.39 is 4.87 Å². The molecule has 0 bridgehead atoms. The van der Waals surface area contributed by atoms with E-state index in [0.29, 0.717) is 0 Å². The molecule has 0 saturated heterocycles. The summed E-state index contributed by atoms with van der Waals surface area (Å²) in [5, 5.41) is 0. The van der Waals surface area contributed by atoms with Crippen molar-refractivity contribution in [3.05, 3.63) is 12.8 Å². The fourth-order valence-electron chi connectivity index (χ4n) is 0.495. The smallest absolute Gasteiger partial charge is 0.331 e. The second kappa shape index (κ2) is 2.03. The van der Waals surface area contributed by atoms with Crippen molar-refractivity contribution in [2.75, 3.05) is 0 Å². The fourth-order valence-corrected chi connectivity index (χ4v) is 0.634. The molecule has 9 heavy (non-hydrogen) atoms. The molecule has 0 aromatic rings. The van der Waals surface area contributed by atoms with Crippen LogP contribution in [0.2, 0.25) is 0 Å². The summed E-state index contributed by atoms with van der Waals surface area (Å²) in [4.78, 5) is 10.0. The molecule has 0 unspecified atom stereocenters. The summed E-state index contributed by atoms with van der Waals surface area (Å²) in [5.74, 6) is -0.376. The summed E-state index contributed by atoms with van der Waals surface area (Å²) in [5.41, 5.74) is 0. The maximum absolute atomic E-state index is 10.7. The topological polar surface area (TPSA) is 26.3 Å². The lowest BCUT2D eigenvalue weighted by Gasteiger charge is -2.00. The normalized spacial score (nSPS) is 20.6. The number of hydrogen-bond acceptors (Lipinski definition) is 2. The van der Waals surface area contributed by atoms with E-state index in [1.54, 1.807) is 0 Å². The summed E-state index contributed by atoms with van der Waals surface area (Å²) in [6.45, 7) is 3.24. The highest BCUT2D eigenvalue weighted by Gasteiger charge is 2.49. The maximum Gasteiger partial charge on any atom is 0.331 e. The molecular weight excluding hydrogens is 140 g/mol. The Morgan fingerprint density at radius 2 is 2.33 bits per heavy atom. The van der Waals surface area contributed by atoms with Crippen LogP contribution < -0.4 is 0 Å². The molecule has 0 radical (unpaired) electrons. The summed E-state index contributed by atoms with van der Waals surface area (Å²) >= 11 is 5.65. The molecule has 1 rings (SSSR count). The first-order chi connectivity index (χ1) is 4.19. The number of hydrogen-bond donors (Lipinski definition) is 0. The molecule has 0 spiro atoms. The van der Waals surface area contributed by atoms with E-state index in [1.165, 1.54) is 0 Å². The Kier molecular flexibility index (Phi) is 1.49. The average Bonchev–Trinajstić information content (AvgIpc) is 2.50. The number of rotatable bonds is 2. The highest BCUT2D eigenvalue weighted by Crippen LogP contribution is 2.43. The quantitative estimate of drug-likeness (QED) is 0.335. The van der Waals surface area contributed by atoms with Crippen molar-refractivity contribution in [2.45, 2.75) is 17.7 Å². The van der Waals surface area contributed by atoms with Crippen LogP contribution in [0.3, 0.4) is 0 Å². The summed E-state index contributed by atoms with van der Waals surface area (Å²) in [7, 11) is 0. The average molecular weight is 147 g/mol. The Balaban J connectivity index is 2.42. The Morgan fingerprint density at radius 3 is 2.67 bits per heavy atom. The van der Waals surface area contributed by atoms with E-state index >= 15 is 0 Å². The van der Waals surface area contributed by atoms with Gasteiger partial charge < -0.3 is 4.74 Å². The third-order valence-corrected chi connectivity index (χ3v) is 1.78. The lowest BCUT2D eigenvalue weighted by molar-refractivity contribution is -0.138. The van der Waals surface area contributed by atoms with E-state index in [1.807, 2.05) is 0 Å². The van der Waals surface area contributed by atoms with Gasteiger partial charge in [-0.25, -0.2) is 4.79 Å². The van der Waals surface area contributed by atoms with Gasteiger partial charge in [0.05, 0.1) is 6.26 Å². The van der Waals surface area contributed by atoms with Crippen LogP contribution in [0.15, 0.2) is 12.8 Å². The van der Waals surface area contributed by atoms with Gasteiger partial charge in [0, 0.05) is 0 Å². The monoisotopic (exact) mass is 146 g/mol. The van der Waals surface area contributed by atoms with Crippen LogP contribution in [0, 0.1) is 0 Å². The SMILES string of the molecule is C=COC(=O)C1(Cl)CC1. The molecule has 1 fully saturated rings. The standard InChI is InChI=1S/C6H7ClO2/c1-2-9-5(8)6(7)3-4-6/h2H,1,3-4H2. The molecule has 0 aromatic carbocycles. The highest BCUT2D eigenvalue weighted by atomic mass is 35.5. The van der Waals surface area contributed by atoms with Crippen molar-refractivity contribution in [3.8, 4) is 0 Å². The number of halogens is 1. The van der Waals surface area contributed by atoms with E-state index in [4.69, 9.17) is 11.6 Å². The lowest BCUT2D eigenvalue weighted by atomic mass is 10.4. The third kappa shape index (κ3) is 1.24. The van der Waals surface area contributed by atoms with Gasteiger partial charge in [-0.2, -0.15) is 0 Å². The largest absolute Gasteiger partial charge is 0.434 e. The van der Waals surface area contributed by atoms with Crippen LogP contribution >= 0.6 is 11.6 Å². The zero-order valence-electron chi connectivity index (χ0n) is 4.89. The molecule has 0 aliphatic heterocycles. The van der Waals surface area contributed by atoms with Crippen molar-refractivity contribution >= 4 is 17.6 Å². The highest BCUT2D eigenvalue weighted by molar-refractivity contribution is 6.36. The lowest BCUT2D eigenvalue weighted by Crippen LogP contribution is -2.15. The van der Waals surface area contributed by atoms with Gasteiger partial charge in [0.1, 0.15) is 4.87 Å². The Hall–Kier alpha value is -0.500. The molecule has 2 nitrogen and oxygen atoms in total. The molecule has 0 amide bonds. The van der Waals surface area contributed by atoms with E-state index in [0.717, 1.165) is 19.1 Å². The minimum absolute atomic E-state index is 0.376. The van der Waals surface area contributed by atoms with Crippen molar-refractivity contribution in [3.63, 3.8) is 0 Å². The molecule has 0 aromatic heterocycles. The van der Waals surface area contributed by atoms with Gasteiger partial charge in [0.25, 0.3) is 0 Å². The van der Waals surface area contributed by atoms with E-state index in [2.05, 4.69) is 11.3 Å². The van der Waals surface area contributed by atoms with Gasteiger partial charge >= 0.3 is 5.97 Å². The molecule has 50 valence electrons. The van der Waals surface area contributed by atoms with Crippen LogP contribution in [0.4, 0.5) is 0 Å². The first-order valence-electron chi connectivity index (χ1n) is 2.70. The number of carbonyl (C=O) groups excluding carboxylic acids is 1. The minimum atomic E-state index is -0.700. The van der Waals surface area contributed by atoms with E-state index in [-0.39, 0.29) is 5.97 Å². The van der Waals surface area contributed by atoms with E-state index in [9.17, 15) is 4.79 Å². The zero-order chi connectivity index (χ0) is 6.91. The summed E-state index contributed by atoms with van der Waals surface area (Å²) in [6.07, 6.45) is 2.55. The van der Waals surface area contributed by atoms with Gasteiger partial charge in [-0.15, -0.1) is 11.6 Å². The number of carbonyl (C=O) groups is 1. The van der Waals surface area contributed by atoms with Gasteiger partial charge in [-0.1, -0.05) is 6.58 Å². The zero-order valence-corrected chi connectivity index (χ0v) is 5.65. The van der Waals surface area contributed by atoms with Crippen molar-refractivity contribution < 1.29 is 9.53 Å². The number of esters is 1. The molecule has 1 saturated carbocycles. The maximum atomic E-state index is 10.7. The molecule has 0 heterocycles. The Morgan fingerprint density at radius 1 is 1.78 bits per heavy atom. The van der Waals surface area contributed by atoms with Crippen LogP contribution in [-0.2, 0) is 9.53 Å². The second-order valence-electron chi connectivity index (χ2n) is 2.04. The predicted octanol–water partition coefficient (Wildman–Crippen LogP) is 1.44. The third-order valence-electron chi connectivity index (χ3n) is 1.25. The van der Waals surface area contributed by atoms with Crippen molar-refractivity contribution in [1.29, 1.82) is 0 Å². The molecule has 0 N–H and O–H groups in total. The van der Waals surface area contributed by atoms with Gasteiger partial charge in [-0.3, -0.25) is 0 Å². The fraction of sp³-hybridized carbons (Fsp3) is 0.500. The minimum Gasteiger partial charge on any atom is -0.434 e. The second-order valence-corrected chi connectivity index (χ2v) is 2.76. The van der Waals surface area contributed by atoms with Crippen molar-refractivity contribution in [2.24, 2.45) is 0 Å². The Labute approximate surface area is 58.4 Å². The molecule has 1 aliphatic carbocycles. The van der Waals surface area contributed by atoms with Gasteiger partial charge in [0.2, 0.25) is 0 Å². The van der Waals surface area contributed by atoms with Crippen LogP contribution in [0.25, 0.3) is 0 Å². The Bertz CT molecular complexity index is 149. The van der Waals surface area contributed by atoms with Crippen LogP contribution in [-0.4, -0.2) is 10.8 Å². The number of ether oxygens (including phenoxy) is 1. The number of alkyl halides is 1. The molecule has 3 heteroatoms.